The fourth-order valence-electron chi connectivity index (χ4n) is 6.20. The second-order valence-electron chi connectivity index (χ2n) is 10.8. The van der Waals surface area contributed by atoms with Gasteiger partial charge in [0, 0.05) is 50.3 Å². The van der Waals surface area contributed by atoms with Crippen LogP contribution in [0, 0.1) is 0 Å². The predicted molar refractivity (Wildman–Crippen MR) is 167 cm³/mol. The van der Waals surface area contributed by atoms with Crippen LogP contribution in [0.25, 0.3) is 0 Å². The maximum atomic E-state index is 15.3. The maximum absolute atomic E-state index is 15.3. The van der Waals surface area contributed by atoms with Crippen molar-refractivity contribution in [2.45, 2.75) is 35.7 Å². The first-order valence-corrected chi connectivity index (χ1v) is 16.0. The van der Waals surface area contributed by atoms with Gasteiger partial charge in [-0.1, -0.05) is 41.4 Å². The zero-order chi connectivity index (χ0) is 32.0. The minimum absolute atomic E-state index is 0.0100. The Morgan fingerprint density at radius 1 is 0.955 bits per heavy atom. The fraction of sp³-hybridized carbons (Fsp3) is 0.355. The van der Waals surface area contributed by atoms with Crippen molar-refractivity contribution in [2.24, 2.45) is 0 Å². The monoisotopic (exact) mass is 661 g/mol. The van der Waals surface area contributed by atoms with Gasteiger partial charge in [0.25, 0.3) is 15.9 Å². The molecular weight excluding hydrogens is 629 g/mol. The molecule has 0 N–H and O–H groups in total. The average Bonchev–Trinajstić information content (AvgIpc) is 3.56. The van der Waals surface area contributed by atoms with Gasteiger partial charge in [0.05, 0.1) is 37.1 Å². The minimum atomic E-state index is -4.62. The number of carbonyl (C=O) groups is 2. The van der Waals surface area contributed by atoms with Crippen molar-refractivity contribution >= 4 is 50.7 Å². The van der Waals surface area contributed by atoms with Crippen LogP contribution in [0.5, 0.6) is 17.2 Å². The van der Waals surface area contributed by atoms with Gasteiger partial charge >= 0.3 is 0 Å². The molecule has 13 heteroatoms. The van der Waals surface area contributed by atoms with Gasteiger partial charge in [-0.2, -0.15) is 0 Å². The van der Waals surface area contributed by atoms with Crippen molar-refractivity contribution in [3.63, 3.8) is 0 Å². The molecule has 0 aromatic heterocycles. The molecule has 2 amide bonds. The number of ether oxygens (including phenoxy) is 3. The topological polar surface area (TPSA) is 106 Å². The number of methoxy groups -OCH3 is 3. The number of anilines is 1. The van der Waals surface area contributed by atoms with E-state index in [1.165, 1.54) is 56.6 Å². The lowest BCUT2D eigenvalue weighted by molar-refractivity contribution is -0.133. The van der Waals surface area contributed by atoms with E-state index in [-0.39, 0.29) is 38.7 Å². The first-order valence-electron chi connectivity index (χ1n) is 13.8. The summed E-state index contributed by atoms with van der Waals surface area (Å²) in [7, 11) is 2.99. The first-order chi connectivity index (χ1) is 20.9. The zero-order valence-electron chi connectivity index (χ0n) is 25.0. The molecular formula is C31H33Cl2N3O7S. The van der Waals surface area contributed by atoms with Crippen molar-refractivity contribution in [1.29, 1.82) is 0 Å². The Labute approximate surface area is 267 Å². The van der Waals surface area contributed by atoms with Gasteiger partial charge in [0.1, 0.15) is 22.1 Å². The van der Waals surface area contributed by atoms with E-state index in [4.69, 9.17) is 37.4 Å². The number of halogens is 2. The number of rotatable bonds is 9. The summed E-state index contributed by atoms with van der Waals surface area (Å²) in [4.78, 5) is 31.4. The van der Waals surface area contributed by atoms with Crippen LogP contribution < -0.4 is 18.5 Å². The highest BCUT2D eigenvalue weighted by Crippen LogP contribution is 2.56. The van der Waals surface area contributed by atoms with Gasteiger partial charge in [0.15, 0.2) is 5.54 Å². The molecule has 1 saturated heterocycles. The summed E-state index contributed by atoms with van der Waals surface area (Å²) in [5, 5.41) is 0.204. The molecule has 44 heavy (non-hydrogen) atoms. The molecule has 1 fully saturated rings. The van der Waals surface area contributed by atoms with Gasteiger partial charge in [-0.3, -0.25) is 14.5 Å². The molecule has 2 aliphatic rings. The standard InChI is InChI=1S/C31H33Cl2N3O7S/c1-34(2)29(37)15-19-9-8-14-35(19)31(21-10-6-7-11-26(21)42-4)22-17-23(32)24(33)18-25(22)36(30(31)38)44(39,40)28-13-12-20(41-3)16-27(28)43-5/h6-7,10-13,16-19H,8-9,14-15H2,1-5H3/t19-,31?/m0/s1. The molecule has 0 saturated carbocycles. The van der Waals surface area contributed by atoms with Crippen LogP contribution in [0.3, 0.4) is 0 Å². The molecule has 0 spiro atoms. The number of nitrogens with zero attached hydrogens (tertiary/aromatic N) is 3. The Morgan fingerprint density at radius 3 is 2.30 bits per heavy atom. The summed E-state index contributed by atoms with van der Waals surface area (Å²) in [6, 6.07) is 13.7. The third-order valence-corrected chi connectivity index (χ3v) is 10.7. The van der Waals surface area contributed by atoms with Crippen LogP contribution in [0.1, 0.15) is 30.4 Å². The van der Waals surface area contributed by atoms with Gasteiger partial charge in [0.2, 0.25) is 5.91 Å². The molecule has 0 aliphatic carbocycles. The minimum Gasteiger partial charge on any atom is -0.497 e. The van der Waals surface area contributed by atoms with Crippen LogP contribution in [-0.4, -0.2) is 78.0 Å². The van der Waals surface area contributed by atoms with Crippen molar-refractivity contribution in [3.05, 3.63) is 75.8 Å². The van der Waals surface area contributed by atoms with Crippen LogP contribution >= 0.6 is 23.2 Å². The van der Waals surface area contributed by atoms with E-state index in [9.17, 15) is 13.2 Å². The van der Waals surface area contributed by atoms with Crippen LogP contribution in [-0.2, 0) is 25.2 Å². The smallest absolute Gasteiger partial charge is 0.274 e. The van der Waals surface area contributed by atoms with Crippen LogP contribution in [0.2, 0.25) is 10.0 Å². The number of para-hydroxylation sites is 1. The number of sulfonamides is 1. The van der Waals surface area contributed by atoms with Gasteiger partial charge in [-0.05, 0) is 43.2 Å². The third-order valence-electron chi connectivity index (χ3n) is 8.24. The summed E-state index contributed by atoms with van der Waals surface area (Å²) in [6.07, 6.45) is 1.40. The third kappa shape index (κ3) is 4.95. The molecule has 1 unspecified atom stereocenters. The largest absolute Gasteiger partial charge is 0.497 e. The second-order valence-corrected chi connectivity index (χ2v) is 13.3. The zero-order valence-corrected chi connectivity index (χ0v) is 27.3. The van der Waals surface area contributed by atoms with E-state index in [2.05, 4.69) is 0 Å². The SMILES string of the molecule is COc1ccc(S(=O)(=O)N2C(=O)C(c3ccccc3OC)(N3CCC[C@H]3CC(=O)N(C)C)c3cc(Cl)c(Cl)cc32)c(OC)c1. The molecule has 3 aromatic carbocycles. The molecule has 10 nitrogen and oxygen atoms in total. The molecule has 2 heterocycles. The number of benzene rings is 3. The van der Waals surface area contributed by atoms with Crippen LogP contribution in [0.4, 0.5) is 5.69 Å². The highest BCUT2D eigenvalue weighted by Gasteiger charge is 2.62. The summed E-state index contributed by atoms with van der Waals surface area (Å²) in [5.74, 6) is -0.174. The molecule has 3 aromatic rings. The van der Waals surface area contributed by atoms with E-state index in [0.29, 0.717) is 42.0 Å². The summed E-state index contributed by atoms with van der Waals surface area (Å²) < 4.78 is 46.5. The quantitative estimate of drug-likeness (QED) is 0.318. The lowest BCUT2D eigenvalue weighted by atomic mass is 9.80. The Hall–Kier alpha value is -3.51. The summed E-state index contributed by atoms with van der Waals surface area (Å²) >= 11 is 13.1. The van der Waals surface area contributed by atoms with E-state index in [1.807, 2.05) is 4.90 Å². The molecule has 0 bridgehead atoms. The van der Waals surface area contributed by atoms with E-state index in [0.717, 1.165) is 4.31 Å². The van der Waals surface area contributed by atoms with E-state index < -0.39 is 27.5 Å². The summed E-state index contributed by atoms with van der Waals surface area (Å²) in [5.41, 5.74) is -0.980. The number of hydrogen-bond acceptors (Lipinski definition) is 8. The highest BCUT2D eigenvalue weighted by atomic mass is 35.5. The highest BCUT2D eigenvalue weighted by molar-refractivity contribution is 7.93. The fourth-order valence-corrected chi connectivity index (χ4v) is 8.12. The number of likely N-dealkylation sites (tertiary alicyclic amines) is 1. The molecule has 2 atom stereocenters. The summed E-state index contributed by atoms with van der Waals surface area (Å²) in [6.45, 7) is 0.397. The van der Waals surface area contributed by atoms with Gasteiger partial charge < -0.3 is 19.1 Å². The lowest BCUT2D eigenvalue weighted by Gasteiger charge is -2.42. The molecule has 2 aliphatic heterocycles. The van der Waals surface area contributed by atoms with E-state index >= 15 is 4.79 Å². The molecule has 234 valence electrons. The normalized spacial score (nSPS) is 20.0. The molecule has 5 rings (SSSR count). The number of fused-ring (bicyclic) bond motifs is 1. The Kier molecular flexibility index (Phi) is 8.78. The van der Waals surface area contributed by atoms with Crippen molar-refractivity contribution in [1.82, 2.24) is 9.80 Å². The van der Waals surface area contributed by atoms with Crippen LogP contribution in [0.15, 0.2) is 59.5 Å². The Morgan fingerprint density at radius 2 is 1.64 bits per heavy atom. The lowest BCUT2D eigenvalue weighted by Crippen LogP contribution is -2.57. The van der Waals surface area contributed by atoms with E-state index in [1.54, 1.807) is 38.4 Å². The number of amides is 2. The maximum Gasteiger partial charge on any atom is 0.274 e. The number of hydrogen-bond donors (Lipinski definition) is 0. The Balaban J connectivity index is 1.84. The Bertz CT molecular complexity index is 1730. The van der Waals surface area contributed by atoms with Gasteiger partial charge in [-0.15, -0.1) is 0 Å². The molecule has 0 radical (unpaired) electrons. The average molecular weight is 663 g/mol. The predicted octanol–water partition coefficient (Wildman–Crippen LogP) is 4.94. The van der Waals surface area contributed by atoms with Crippen molar-refractivity contribution < 1.29 is 32.2 Å². The second kappa shape index (κ2) is 12.1. The number of carbonyl (C=O) groups excluding carboxylic acids is 2. The van der Waals surface area contributed by atoms with Crippen molar-refractivity contribution in [3.8, 4) is 17.2 Å². The van der Waals surface area contributed by atoms with Crippen molar-refractivity contribution in [2.75, 3.05) is 46.3 Å². The first kappa shape index (κ1) is 31.9. The van der Waals surface area contributed by atoms with Gasteiger partial charge in [-0.25, -0.2) is 12.7 Å².